The number of carbonyl (C=O) groups is 2. The highest BCUT2D eigenvalue weighted by Crippen LogP contribution is 2.14. The van der Waals surface area contributed by atoms with E-state index in [1.807, 2.05) is 0 Å². The first-order valence-electron chi connectivity index (χ1n) is 6.68. The van der Waals surface area contributed by atoms with Crippen LogP contribution in [0, 0.1) is 0 Å². The molecule has 0 aliphatic carbocycles. The van der Waals surface area contributed by atoms with Crippen LogP contribution < -0.4 is 10.6 Å². The van der Waals surface area contributed by atoms with Crippen molar-refractivity contribution in [1.82, 2.24) is 10.6 Å². The molecule has 0 radical (unpaired) electrons. The summed E-state index contributed by atoms with van der Waals surface area (Å²) in [6.45, 7) is 0.541. The summed E-state index contributed by atoms with van der Waals surface area (Å²) < 4.78 is 0. The van der Waals surface area contributed by atoms with Gasteiger partial charge in [0.25, 0.3) is 11.8 Å². The lowest BCUT2D eigenvalue weighted by Crippen LogP contribution is -2.34. The van der Waals surface area contributed by atoms with Gasteiger partial charge in [-0.2, -0.15) is 0 Å². The second kappa shape index (κ2) is 7.47. The van der Waals surface area contributed by atoms with E-state index in [2.05, 4.69) is 10.6 Å². The van der Waals surface area contributed by atoms with Gasteiger partial charge in [-0.3, -0.25) is 9.59 Å². The van der Waals surface area contributed by atoms with Crippen molar-refractivity contribution in [2.24, 2.45) is 0 Å². The summed E-state index contributed by atoms with van der Waals surface area (Å²) in [4.78, 5) is 23.7. The number of benzene rings is 2. The highest BCUT2D eigenvalue weighted by Gasteiger charge is 2.09. The van der Waals surface area contributed by atoms with Gasteiger partial charge in [-0.05, 0) is 30.3 Å². The van der Waals surface area contributed by atoms with Crippen molar-refractivity contribution >= 4 is 23.4 Å². The number of rotatable bonds is 5. The van der Waals surface area contributed by atoms with Crippen molar-refractivity contribution in [1.29, 1.82) is 0 Å². The summed E-state index contributed by atoms with van der Waals surface area (Å²) in [5.74, 6) is -0.584. The highest BCUT2D eigenvalue weighted by molar-refractivity contribution is 6.33. The second-order valence-electron chi connectivity index (χ2n) is 4.54. The molecule has 5 nitrogen and oxygen atoms in total. The Labute approximate surface area is 132 Å². The van der Waals surface area contributed by atoms with Crippen molar-refractivity contribution in [3.05, 3.63) is 64.7 Å². The molecule has 0 saturated heterocycles. The normalized spacial score (nSPS) is 10.0. The first kappa shape index (κ1) is 15.9. The average Bonchev–Trinajstić information content (AvgIpc) is 2.51. The van der Waals surface area contributed by atoms with E-state index in [1.54, 1.807) is 36.4 Å². The second-order valence-corrected chi connectivity index (χ2v) is 4.95. The van der Waals surface area contributed by atoms with Gasteiger partial charge in [0.15, 0.2) is 0 Å². The molecule has 0 spiro atoms. The lowest BCUT2D eigenvalue weighted by Gasteiger charge is -2.08. The van der Waals surface area contributed by atoms with Gasteiger partial charge < -0.3 is 15.7 Å². The molecule has 0 aliphatic heterocycles. The van der Waals surface area contributed by atoms with Crippen LogP contribution in [0.4, 0.5) is 0 Å². The monoisotopic (exact) mass is 318 g/mol. The maximum Gasteiger partial charge on any atom is 0.252 e. The molecule has 3 N–H and O–H groups in total. The molecule has 0 aliphatic rings. The summed E-state index contributed by atoms with van der Waals surface area (Å²) in [7, 11) is 0. The fourth-order valence-electron chi connectivity index (χ4n) is 1.84. The maximum absolute atomic E-state index is 11.9. The number of halogens is 1. The van der Waals surface area contributed by atoms with Gasteiger partial charge >= 0.3 is 0 Å². The van der Waals surface area contributed by atoms with Crippen LogP contribution in [0.15, 0.2) is 48.5 Å². The highest BCUT2D eigenvalue weighted by atomic mass is 35.5. The molecule has 2 amide bonds. The smallest absolute Gasteiger partial charge is 0.252 e. The topological polar surface area (TPSA) is 78.4 Å². The number of carbonyl (C=O) groups excluding carboxylic acids is 2. The van der Waals surface area contributed by atoms with Gasteiger partial charge in [0, 0.05) is 18.7 Å². The van der Waals surface area contributed by atoms with Gasteiger partial charge in [0.2, 0.25) is 0 Å². The zero-order valence-corrected chi connectivity index (χ0v) is 12.4. The Morgan fingerprint density at radius 3 is 2.32 bits per heavy atom. The van der Waals surface area contributed by atoms with E-state index in [4.69, 9.17) is 11.6 Å². The molecule has 0 bridgehead atoms. The van der Waals surface area contributed by atoms with Crippen LogP contribution in [0.1, 0.15) is 20.7 Å². The van der Waals surface area contributed by atoms with Crippen LogP contribution >= 0.6 is 11.6 Å². The van der Waals surface area contributed by atoms with E-state index in [0.717, 1.165) is 0 Å². The molecule has 0 aromatic heterocycles. The van der Waals surface area contributed by atoms with Crippen LogP contribution in [0.3, 0.4) is 0 Å². The SMILES string of the molecule is O=C(NCCNC(=O)c1ccccc1Cl)c1cccc(O)c1. The Hall–Kier alpha value is -2.53. The predicted molar refractivity (Wildman–Crippen MR) is 84.2 cm³/mol. The van der Waals surface area contributed by atoms with Crippen molar-refractivity contribution < 1.29 is 14.7 Å². The third-order valence-corrected chi connectivity index (χ3v) is 3.25. The molecule has 0 fully saturated rings. The zero-order valence-electron chi connectivity index (χ0n) is 11.7. The van der Waals surface area contributed by atoms with E-state index in [9.17, 15) is 14.7 Å². The molecule has 0 saturated carbocycles. The summed E-state index contributed by atoms with van der Waals surface area (Å²) >= 11 is 5.92. The molecule has 6 heteroatoms. The summed E-state index contributed by atoms with van der Waals surface area (Å²) in [6.07, 6.45) is 0. The van der Waals surface area contributed by atoms with Crippen molar-refractivity contribution in [2.75, 3.05) is 13.1 Å². The van der Waals surface area contributed by atoms with Gasteiger partial charge in [0.1, 0.15) is 5.75 Å². The van der Waals surface area contributed by atoms with Crippen molar-refractivity contribution in [3.8, 4) is 5.75 Å². The van der Waals surface area contributed by atoms with Gasteiger partial charge in [-0.15, -0.1) is 0 Å². The Morgan fingerprint density at radius 2 is 1.64 bits per heavy atom. The maximum atomic E-state index is 11.9. The van der Waals surface area contributed by atoms with Crippen LogP contribution in [0.5, 0.6) is 5.75 Å². The zero-order chi connectivity index (χ0) is 15.9. The lowest BCUT2D eigenvalue weighted by molar-refractivity contribution is 0.0927. The lowest BCUT2D eigenvalue weighted by atomic mass is 10.2. The van der Waals surface area contributed by atoms with Crippen LogP contribution in [-0.2, 0) is 0 Å². The standard InChI is InChI=1S/C16H15ClN2O3/c17-14-7-2-1-6-13(14)16(22)19-9-8-18-15(21)11-4-3-5-12(20)10-11/h1-7,10,20H,8-9H2,(H,18,21)(H,19,22). The third kappa shape index (κ3) is 4.23. The van der Waals surface area contributed by atoms with Gasteiger partial charge in [0.05, 0.1) is 10.6 Å². The van der Waals surface area contributed by atoms with Crippen LogP contribution in [0.25, 0.3) is 0 Å². The minimum absolute atomic E-state index is 0.0275. The van der Waals surface area contributed by atoms with Crippen LogP contribution in [-0.4, -0.2) is 30.0 Å². The Balaban J connectivity index is 1.79. The molecular formula is C16H15ClN2O3. The Morgan fingerprint density at radius 1 is 0.955 bits per heavy atom. The fourth-order valence-corrected chi connectivity index (χ4v) is 2.06. The number of hydrogen-bond donors (Lipinski definition) is 3. The number of aromatic hydroxyl groups is 1. The molecular weight excluding hydrogens is 304 g/mol. The van der Waals surface area contributed by atoms with Crippen molar-refractivity contribution in [3.63, 3.8) is 0 Å². The first-order valence-corrected chi connectivity index (χ1v) is 7.05. The number of hydrogen-bond acceptors (Lipinski definition) is 3. The minimum atomic E-state index is -0.317. The summed E-state index contributed by atoms with van der Waals surface area (Å²) in [6, 6.07) is 12.8. The van der Waals surface area contributed by atoms with Crippen LogP contribution in [0.2, 0.25) is 5.02 Å². The fraction of sp³-hybridized carbons (Fsp3) is 0.125. The molecule has 2 aromatic rings. The predicted octanol–water partition coefficient (Wildman–Crippen LogP) is 2.21. The van der Waals surface area contributed by atoms with E-state index in [0.29, 0.717) is 16.1 Å². The minimum Gasteiger partial charge on any atom is -0.508 e. The molecule has 2 rings (SSSR count). The third-order valence-electron chi connectivity index (χ3n) is 2.92. The van der Waals surface area contributed by atoms with Crippen molar-refractivity contribution in [2.45, 2.75) is 0 Å². The molecule has 114 valence electrons. The molecule has 0 heterocycles. The first-order chi connectivity index (χ1) is 10.6. The number of phenolic OH excluding ortho intramolecular Hbond substituents is 1. The van der Waals surface area contributed by atoms with E-state index in [1.165, 1.54) is 12.1 Å². The van der Waals surface area contributed by atoms with Gasteiger partial charge in [-0.1, -0.05) is 29.8 Å². The molecule has 0 atom stereocenters. The number of amides is 2. The molecule has 22 heavy (non-hydrogen) atoms. The quantitative estimate of drug-likeness (QED) is 0.740. The summed E-state index contributed by atoms with van der Waals surface area (Å²) in [5.41, 5.74) is 0.751. The summed E-state index contributed by atoms with van der Waals surface area (Å²) in [5, 5.41) is 15.0. The average molecular weight is 319 g/mol. The largest absolute Gasteiger partial charge is 0.508 e. The van der Waals surface area contributed by atoms with E-state index in [-0.39, 0.29) is 30.7 Å². The number of nitrogens with one attached hydrogen (secondary N) is 2. The van der Waals surface area contributed by atoms with E-state index < -0.39 is 0 Å². The van der Waals surface area contributed by atoms with E-state index >= 15 is 0 Å². The van der Waals surface area contributed by atoms with Gasteiger partial charge in [-0.25, -0.2) is 0 Å². The molecule has 0 unspecified atom stereocenters. The number of phenols is 1. The Kier molecular flexibility index (Phi) is 5.38. The Bertz CT molecular complexity index is 689. The molecule has 2 aromatic carbocycles.